The Bertz CT molecular complexity index is 672. The third kappa shape index (κ3) is 2.92. The summed E-state index contributed by atoms with van der Waals surface area (Å²) in [7, 11) is -4.16. The van der Waals surface area contributed by atoms with Gasteiger partial charge >= 0.3 is 0 Å². The molecule has 0 spiro atoms. The second-order valence-corrected chi connectivity index (χ2v) is 6.30. The van der Waals surface area contributed by atoms with E-state index in [4.69, 9.17) is 5.11 Å². The molecule has 0 aromatic heterocycles. The zero-order valence-corrected chi connectivity index (χ0v) is 11.7. The highest BCUT2D eigenvalue weighted by atomic mass is 32.2. The van der Waals surface area contributed by atoms with Crippen molar-refractivity contribution in [3.63, 3.8) is 0 Å². The predicted molar refractivity (Wildman–Crippen MR) is 69.8 cm³/mol. The predicted octanol–water partition coefficient (Wildman–Crippen LogP) is 1.66. The van der Waals surface area contributed by atoms with Crippen LogP contribution < -0.4 is 0 Å². The first-order valence-corrected chi connectivity index (χ1v) is 7.74. The largest absolute Gasteiger partial charge is 0.395 e. The minimum Gasteiger partial charge on any atom is -0.395 e. The van der Waals surface area contributed by atoms with Crippen LogP contribution in [0.1, 0.15) is 0 Å². The molecule has 6 nitrogen and oxygen atoms in total. The van der Waals surface area contributed by atoms with Gasteiger partial charge in [-0.15, -0.1) is 0 Å². The van der Waals surface area contributed by atoms with Crippen molar-refractivity contribution in [2.75, 3.05) is 19.7 Å². The maximum absolute atomic E-state index is 12.5. The van der Waals surface area contributed by atoms with Gasteiger partial charge < -0.3 is 5.11 Å². The van der Waals surface area contributed by atoms with Crippen LogP contribution in [0.5, 0.6) is 0 Å². The third-order valence-electron chi connectivity index (χ3n) is 2.56. The van der Waals surface area contributed by atoms with Gasteiger partial charge in [-0.05, 0) is 12.1 Å². The monoisotopic (exact) mass is 323 g/mol. The van der Waals surface area contributed by atoms with Gasteiger partial charge in [-0.1, -0.05) is 6.07 Å². The molecule has 20 heavy (non-hydrogen) atoms. The topological polar surface area (TPSA) is 82.3 Å². The molecule has 0 amide bonds. The molecule has 0 bridgehead atoms. The lowest BCUT2D eigenvalue weighted by atomic mass is 10.3. The lowest BCUT2D eigenvalue weighted by Crippen LogP contribution is -2.37. The number of hydrogen-bond acceptors (Lipinski definition) is 5. The molecule has 0 unspecified atom stereocenters. The summed E-state index contributed by atoms with van der Waals surface area (Å²) in [5.41, 5.74) is 0.534. The normalized spacial score (nSPS) is 13.8. The first kappa shape index (κ1) is 15.2. The fraction of sp³-hybridized carbons (Fsp3) is 0.400. The molecule has 2 rings (SSSR count). The van der Waals surface area contributed by atoms with Crippen LogP contribution in [0.3, 0.4) is 0 Å². The van der Waals surface area contributed by atoms with Gasteiger partial charge in [-0.25, -0.2) is 17.2 Å². The number of aliphatic hydroxyl groups excluding tert-OH is 1. The van der Waals surface area contributed by atoms with Crippen molar-refractivity contribution in [3.8, 4) is 0 Å². The van der Waals surface area contributed by atoms with E-state index in [0.717, 1.165) is 11.4 Å². The summed E-state index contributed by atoms with van der Waals surface area (Å²) in [6.45, 7) is -1.92. The number of alkyl halides is 2. The van der Waals surface area contributed by atoms with Gasteiger partial charge in [0.2, 0.25) is 10.0 Å². The van der Waals surface area contributed by atoms with Crippen molar-refractivity contribution in [2.45, 2.75) is 11.3 Å². The smallest absolute Gasteiger partial charge is 0.252 e. The number of sulfonamides is 1. The molecule has 110 valence electrons. The zero-order valence-electron chi connectivity index (χ0n) is 10.1. The van der Waals surface area contributed by atoms with E-state index >= 15 is 0 Å². The van der Waals surface area contributed by atoms with Crippen LogP contribution in [0.25, 0.3) is 0 Å². The molecule has 0 atom stereocenters. The van der Waals surface area contributed by atoms with Crippen molar-refractivity contribution in [2.24, 2.45) is 8.73 Å². The molecular formula is C10H11F2N3O3S2. The summed E-state index contributed by atoms with van der Waals surface area (Å²) in [6, 6.07) is 4.34. The molecule has 1 N–H and O–H groups in total. The van der Waals surface area contributed by atoms with Crippen LogP contribution in [-0.2, 0) is 21.4 Å². The van der Waals surface area contributed by atoms with Gasteiger partial charge in [0.25, 0.3) is 6.43 Å². The Labute approximate surface area is 118 Å². The van der Waals surface area contributed by atoms with E-state index in [1.165, 1.54) is 12.1 Å². The van der Waals surface area contributed by atoms with Gasteiger partial charge in [-0.2, -0.15) is 13.0 Å². The van der Waals surface area contributed by atoms with Crippen LogP contribution in [0.4, 0.5) is 20.2 Å². The molecule has 1 aliphatic heterocycles. The van der Waals surface area contributed by atoms with Crippen LogP contribution in [0.2, 0.25) is 0 Å². The van der Waals surface area contributed by atoms with E-state index in [1.54, 1.807) is 6.07 Å². The number of hydrogen-bond donors (Lipinski definition) is 1. The van der Waals surface area contributed by atoms with Crippen LogP contribution in [0.15, 0.2) is 31.8 Å². The standard InChI is InChI=1S/C10H11F2N3O3S2/c11-9(12)6-15(4-5-16)20(17,18)8-3-1-2-7-10(8)14-19-13-7/h1-3,9,16H,4-6H2. The van der Waals surface area contributed by atoms with Gasteiger partial charge in [0.15, 0.2) is 0 Å². The summed E-state index contributed by atoms with van der Waals surface area (Å²) in [5.74, 6) is 0. The van der Waals surface area contributed by atoms with E-state index in [2.05, 4.69) is 8.73 Å². The average Bonchev–Trinajstić information content (AvgIpc) is 2.85. The fourth-order valence-corrected chi connectivity index (χ4v) is 3.87. The molecule has 1 aromatic carbocycles. The second-order valence-electron chi connectivity index (χ2n) is 3.87. The minimum atomic E-state index is -4.16. The van der Waals surface area contributed by atoms with Gasteiger partial charge in [-0.3, -0.25) is 0 Å². The van der Waals surface area contributed by atoms with Gasteiger partial charge in [0, 0.05) is 6.54 Å². The zero-order chi connectivity index (χ0) is 14.8. The van der Waals surface area contributed by atoms with E-state index in [0.29, 0.717) is 9.99 Å². The Balaban J connectivity index is 2.44. The lowest BCUT2D eigenvalue weighted by Gasteiger charge is -2.21. The first-order valence-electron chi connectivity index (χ1n) is 5.57. The number of halogens is 2. The molecule has 0 saturated heterocycles. The molecule has 1 aliphatic rings. The van der Waals surface area contributed by atoms with E-state index in [9.17, 15) is 17.2 Å². The number of benzene rings is 1. The number of nitrogens with zero attached hydrogens (tertiary/aromatic N) is 3. The van der Waals surface area contributed by atoms with E-state index in [1.807, 2.05) is 0 Å². The highest BCUT2D eigenvalue weighted by Crippen LogP contribution is 2.38. The Kier molecular flexibility index (Phi) is 4.58. The number of aliphatic hydroxyl groups is 1. The molecule has 0 aliphatic carbocycles. The molecule has 1 aromatic rings. The Hall–Kier alpha value is -1.23. The van der Waals surface area contributed by atoms with Crippen molar-refractivity contribution in [1.82, 2.24) is 4.31 Å². The molecule has 0 saturated carbocycles. The van der Waals surface area contributed by atoms with Crippen LogP contribution in [-0.4, -0.2) is 44.0 Å². The van der Waals surface area contributed by atoms with E-state index in [-0.39, 0.29) is 10.6 Å². The SMILES string of the molecule is O=S(=O)(c1cccc2c1N=S=N2)N(CCO)CC(F)F. The summed E-state index contributed by atoms with van der Waals surface area (Å²) < 4.78 is 58.1. The van der Waals surface area contributed by atoms with Gasteiger partial charge in [0.05, 0.1) is 24.5 Å². The van der Waals surface area contributed by atoms with Crippen molar-refractivity contribution < 1.29 is 22.3 Å². The van der Waals surface area contributed by atoms with Crippen molar-refractivity contribution in [3.05, 3.63) is 18.2 Å². The Morgan fingerprint density at radius 2 is 2.10 bits per heavy atom. The van der Waals surface area contributed by atoms with Crippen LogP contribution >= 0.6 is 0 Å². The summed E-state index contributed by atoms with van der Waals surface area (Å²) in [6.07, 6.45) is -2.83. The molecular weight excluding hydrogens is 312 g/mol. The Morgan fingerprint density at radius 1 is 1.35 bits per heavy atom. The van der Waals surface area contributed by atoms with Crippen molar-refractivity contribution in [1.29, 1.82) is 0 Å². The number of fused-ring (bicyclic) bond motifs is 1. The molecule has 1 heterocycles. The number of rotatable bonds is 6. The minimum absolute atomic E-state index is 0.148. The average molecular weight is 323 g/mol. The highest BCUT2D eigenvalue weighted by Gasteiger charge is 2.30. The molecule has 10 heteroatoms. The summed E-state index contributed by atoms with van der Waals surface area (Å²) in [5, 5.41) is 8.86. The quantitative estimate of drug-likeness (QED) is 0.877. The lowest BCUT2D eigenvalue weighted by molar-refractivity contribution is 0.113. The summed E-state index contributed by atoms with van der Waals surface area (Å²) in [4.78, 5) is -0.183. The maximum Gasteiger partial charge on any atom is 0.252 e. The van der Waals surface area contributed by atoms with Crippen molar-refractivity contribution >= 4 is 32.8 Å². The van der Waals surface area contributed by atoms with Gasteiger partial charge in [0.1, 0.15) is 16.3 Å². The fourth-order valence-electron chi connectivity index (χ4n) is 1.70. The summed E-state index contributed by atoms with van der Waals surface area (Å²) >= 11 is 0.842. The van der Waals surface area contributed by atoms with E-state index < -0.39 is 36.1 Å². The third-order valence-corrected chi connectivity index (χ3v) is 5.00. The molecule has 0 radical (unpaired) electrons. The van der Waals surface area contributed by atoms with Crippen LogP contribution in [0, 0.1) is 0 Å². The Morgan fingerprint density at radius 3 is 2.75 bits per heavy atom. The first-order chi connectivity index (χ1) is 9.46. The maximum atomic E-state index is 12.5. The molecule has 0 fully saturated rings. The highest BCUT2D eigenvalue weighted by molar-refractivity contribution is 7.89. The second kappa shape index (κ2) is 6.04.